The third-order valence-electron chi connectivity index (χ3n) is 3.88. The van der Waals surface area contributed by atoms with Gasteiger partial charge in [-0.2, -0.15) is 0 Å². The number of aryl methyl sites for hydroxylation is 1. The van der Waals surface area contributed by atoms with Gasteiger partial charge in [0, 0.05) is 20.6 Å². The molecule has 0 aliphatic rings. The number of aromatic nitrogens is 2. The molecule has 0 bridgehead atoms. The van der Waals surface area contributed by atoms with Gasteiger partial charge >= 0.3 is 5.97 Å². The fourth-order valence-corrected chi connectivity index (χ4v) is 2.70. The van der Waals surface area contributed by atoms with E-state index in [1.165, 1.54) is 12.7 Å². The Morgan fingerprint density at radius 2 is 1.96 bits per heavy atom. The van der Waals surface area contributed by atoms with Crippen molar-refractivity contribution in [1.82, 2.24) is 9.55 Å². The highest BCUT2D eigenvalue weighted by Gasteiger charge is 2.14. The molecular formula is C18H19N3O2. The Kier molecular flexibility index (Phi) is 4.02. The second-order valence-corrected chi connectivity index (χ2v) is 5.51. The van der Waals surface area contributed by atoms with Crippen molar-refractivity contribution < 1.29 is 9.53 Å². The van der Waals surface area contributed by atoms with E-state index >= 15 is 0 Å². The van der Waals surface area contributed by atoms with Gasteiger partial charge in [0.2, 0.25) is 5.95 Å². The summed E-state index contributed by atoms with van der Waals surface area (Å²) in [6.45, 7) is 0.766. The minimum absolute atomic E-state index is 0.350. The monoisotopic (exact) mass is 309 g/mol. The maximum atomic E-state index is 11.7. The minimum Gasteiger partial charge on any atom is -0.465 e. The molecule has 1 aromatic heterocycles. The van der Waals surface area contributed by atoms with E-state index in [9.17, 15) is 4.79 Å². The molecule has 0 radical (unpaired) electrons. The Labute approximate surface area is 135 Å². The Morgan fingerprint density at radius 3 is 2.65 bits per heavy atom. The highest BCUT2D eigenvalue weighted by Crippen LogP contribution is 2.23. The van der Waals surface area contributed by atoms with Crippen molar-refractivity contribution >= 4 is 23.0 Å². The molecule has 3 rings (SSSR count). The number of esters is 1. The largest absolute Gasteiger partial charge is 0.465 e. The number of carbonyl (C=O) groups excluding carboxylic acids is 1. The topological polar surface area (TPSA) is 47.4 Å². The molecule has 2 aromatic carbocycles. The summed E-state index contributed by atoms with van der Waals surface area (Å²) in [4.78, 5) is 18.4. The Bertz CT molecular complexity index is 840. The number of carbonyl (C=O) groups is 1. The first-order valence-electron chi connectivity index (χ1n) is 7.40. The number of rotatable bonds is 4. The van der Waals surface area contributed by atoms with Gasteiger partial charge in [-0.05, 0) is 23.8 Å². The van der Waals surface area contributed by atoms with Crippen molar-refractivity contribution in [3.05, 3.63) is 59.7 Å². The molecule has 0 amide bonds. The minimum atomic E-state index is -0.350. The van der Waals surface area contributed by atoms with E-state index in [4.69, 9.17) is 4.74 Å². The van der Waals surface area contributed by atoms with Crippen LogP contribution in [0.3, 0.4) is 0 Å². The predicted molar refractivity (Wildman–Crippen MR) is 90.6 cm³/mol. The molecule has 118 valence electrons. The number of methoxy groups -OCH3 is 1. The van der Waals surface area contributed by atoms with Crippen molar-refractivity contribution in [3.8, 4) is 0 Å². The Hall–Kier alpha value is -2.82. The summed E-state index contributed by atoms with van der Waals surface area (Å²) in [5, 5.41) is 0. The fraction of sp³-hybridized carbons (Fsp3) is 0.222. The van der Waals surface area contributed by atoms with Gasteiger partial charge in [0.1, 0.15) is 0 Å². The summed E-state index contributed by atoms with van der Waals surface area (Å²) >= 11 is 0. The third-order valence-corrected chi connectivity index (χ3v) is 3.88. The lowest BCUT2D eigenvalue weighted by Crippen LogP contribution is -2.19. The van der Waals surface area contributed by atoms with Gasteiger partial charge in [0.05, 0.1) is 23.7 Å². The van der Waals surface area contributed by atoms with E-state index in [0.717, 1.165) is 23.5 Å². The average molecular weight is 309 g/mol. The van der Waals surface area contributed by atoms with Crippen molar-refractivity contribution in [3.63, 3.8) is 0 Å². The van der Waals surface area contributed by atoms with Crippen LogP contribution in [-0.4, -0.2) is 29.7 Å². The van der Waals surface area contributed by atoms with E-state index in [1.807, 2.05) is 42.9 Å². The molecule has 5 heteroatoms. The van der Waals surface area contributed by atoms with Gasteiger partial charge in [-0.25, -0.2) is 9.78 Å². The van der Waals surface area contributed by atoms with Gasteiger partial charge in [-0.15, -0.1) is 0 Å². The number of imidazole rings is 1. The predicted octanol–water partition coefficient (Wildman–Crippen LogP) is 3.00. The highest BCUT2D eigenvalue weighted by molar-refractivity contribution is 5.94. The molecule has 0 saturated carbocycles. The van der Waals surface area contributed by atoms with Crippen LogP contribution in [0.5, 0.6) is 0 Å². The maximum absolute atomic E-state index is 11.7. The first kappa shape index (κ1) is 15.1. The van der Waals surface area contributed by atoms with E-state index in [-0.39, 0.29) is 5.97 Å². The van der Waals surface area contributed by atoms with Crippen LogP contribution in [0.15, 0.2) is 48.5 Å². The number of nitrogens with zero attached hydrogens (tertiary/aromatic N) is 3. The molecule has 0 spiro atoms. The lowest BCUT2D eigenvalue weighted by Gasteiger charge is -2.18. The van der Waals surface area contributed by atoms with E-state index in [2.05, 4.69) is 22.0 Å². The van der Waals surface area contributed by atoms with Crippen LogP contribution < -0.4 is 4.90 Å². The van der Waals surface area contributed by atoms with E-state index < -0.39 is 0 Å². The molecule has 0 saturated heterocycles. The third kappa shape index (κ3) is 2.90. The zero-order valence-corrected chi connectivity index (χ0v) is 13.5. The van der Waals surface area contributed by atoms with Gasteiger partial charge in [-0.1, -0.05) is 30.3 Å². The second-order valence-electron chi connectivity index (χ2n) is 5.51. The van der Waals surface area contributed by atoms with Gasteiger partial charge in [-0.3, -0.25) is 0 Å². The molecule has 0 aliphatic heterocycles. The van der Waals surface area contributed by atoms with Crippen molar-refractivity contribution in [2.45, 2.75) is 6.54 Å². The summed E-state index contributed by atoms with van der Waals surface area (Å²) in [5.41, 5.74) is 3.49. The van der Waals surface area contributed by atoms with Crippen LogP contribution in [0, 0.1) is 0 Å². The molecule has 1 heterocycles. The quantitative estimate of drug-likeness (QED) is 0.695. The normalized spacial score (nSPS) is 10.7. The van der Waals surface area contributed by atoms with Crippen LogP contribution >= 0.6 is 0 Å². The van der Waals surface area contributed by atoms with Crippen LogP contribution in [0.4, 0.5) is 5.95 Å². The number of hydrogen-bond acceptors (Lipinski definition) is 4. The molecule has 0 atom stereocenters. The number of benzene rings is 2. The summed E-state index contributed by atoms with van der Waals surface area (Å²) in [7, 11) is 5.36. The maximum Gasteiger partial charge on any atom is 0.337 e. The summed E-state index contributed by atoms with van der Waals surface area (Å²) < 4.78 is 6.79. The van der Waals surface area contributed by atoms with Gasteiger partial charge in [0.15, 0.2) is 0 Å². The number of fused-ring (bicyclic) bond motifs is 1. The average Bonchev–Trinajstić information content (AvgIpc) is 2.91. The Balaban J connectivity index is 1.94. The summed E-state index contributed by atoms with van der Waals surface area (Å²) in [6.07, 6.45) is 0. The smallest absolute Gasteiger partial charge is 0.337 e. The van der Waals surface area contributed by atoms with E-state index in [1.54, 1.807) is 12.1 Å². The molecule has 0 aliphatic carbocycles. The molecule has 3 aromatic rings. The van der Waals surface area contributed by atoms with Crippen LogP contribution in [0.25, 0.3) is 11.0 Å². The lowest BCUT2D eigenvalue weighted by molar-refractivity contribution is 0.0601. The summed E-state index contributed by atoms with van der Waals surface area (Å²) in [5.74, 6) is 0.502. The second kappa shape index (κ2) is 6.12. The first-order valence-corrected chi connectivity index (χ1v) is 7.40. The molecule has 0 unspecified atom stereocenters. The van der Waals surface area contributed by atoms with Gasteiger partial charge < -0.3 is 14.2 Å². The SMILES string of the molecule is COC(=O)c1ccc2c(c1)nc(N(C)Cc1ccccc1)n2C. The lowest BCUT2D eigenvalue weighted by atomic mass is 10.2. The zero-order chi connectivity index (χ0) is 16.4. The molecule has 23 heavy (non-hydrogen) atoms. The number of hydrogen-bond donors (Lipinski definition) is 0. The standard InChI is InChI=1S/C18H19N3O2/c1-20(12-13-7-5-4-6-8-13)18-19-15-11-14(17(22)23-3)9-10-16(15)21(18)2/h4-11H,12H2,1-3H3. The number of anilines is 1. The number of ether oxygens (including phenoxy) is 1. The van der Waals surface area contributed by atoms with Crippen molar-refractivity contribution in [2.24, 2.45) is 7.05 Å². The van der Waals surface area contributed by atoms with Crippen LogP contribution in [0.1, 0.15) is 15.9 Å². The molecular weight excluding hydrogens is 290 g/mol. The molecule has 0 N–H and O–H groups in total. The van der Waals surface area contributed by atoms with Crippen molar-refractivity contribution in [1.29, 1.82) is 0 Å². The van der Waals surface area contributed by atoms with E-state index in [0.29, 0.717) is 5.56 Å². The van der Waals surface area contributed by atoms with Crippen molar-refractivity contribution in [2.75, 3.05) is 19.1 Å². The molecule has 5 nitrogen and oxygen atoms in total. The zero-order valence-electron chi connectivity index (χ0n) is 13.5. The Morgan fingerprint density at radius 1 is 1.22 bits per heavy atom. The van der Waals surface area contributed by atoms with Crippen LogP contribution in [0.2, 0.25) is 0 Å². The first-order chi connectivity index (χ1) is 11.1. The fourth-order valence-electron chi connectivity index (χ4n) is 2.70. The highest BCUT2D eigenvalue weighted by atomic mass is 16.5. The van der Waals surface area contributed by atoms with Crippen LogP contribution in [-0.2, 0) is 18.3 Å². The summed E-state index contributed by atoms with van der Waals surface area (Å²) in [6, 6.07) is 15.7. The molecule has 0 fully saturated rings. The van der Waals surface area contributed by atoms with Gasteiger partial charge in [0.25, 0.3) is 0 Å².